The molecule has 0 saturated carbocycles. The number of hydrogen-bond acceptors (Lipinski definition) is 4. The molecular formula is C13H21N3S. The van der Waals surface area contributed by atoms with Crippen LogP contribution in [0.2, 0.25) is 0 Å². The van der Waals surface area contributed by atoms with Crippen molar-refractivity contribution in [2.75, 3.05) is 36.0 Å². The van der Waals surface area contributed by atoms with Gasteiger partial charge >= 0.3 is 0 Å². The van der Waals surface area contributed by atoms with E-state index in [0.29, 0.717) is 0 Å². The molecule has 3 nitrogen and oxygen atoms in total. The monoisotopic (exact) mass is 251 g/mol. The molecule has 1 aliphatic rings. The Bertz CT molecular complexity index is 337. The van der Waals surface area contributed by atoms with E-state index in [1.165, 1.54) is 29.2 Å². The minimum atomic E-state index is 0.931. The van der Waals surface area contributed by atoms with E-state index >= 15 is 0 Å². The van der Waals surface area contributed by atoms with E-state index in [4.69, 9.17) is 0 Å². The van der Waals surface area contributed by atoms with Gasteiger partial charge in [0.1, 0.15) is 0 Å². The lowest BCUT2D eigenvalue weighted by molar-refractivity contribution is 0.671. The molecule has 0 spiro atoms. The van der Waals surface area contributed by atoms with Crippen LogP contribution in [0.3, 0.4) is 0 Å². The molecule has 2 rings (SSSR count). The van der Waals surface area contributed by atoms with Crippen LogP contribution >= 0.6 is 11.8 Å². The Kier molecular flexibility index (Phi) is 5.13. The molecule has 0 amide bonds. The van der Waals surface area contributed by atoms with E-state index < -0.39 is 0 Å². The van der Waals surface area contributed by atoms with Gasteiger partial charge in [0.2, 0.25) is 0 Å². The van der Waals surface area contributed by atoms with Crippen molar-refractivity contribution >= 4 is 17.4 Å². The normalized spacial score (nSPS) is 16.2. The Labute approximate surface area is 108 Å². The molecule has 0 unspecified atom stereocenters. The van der Waals surface area contributed by atoms with Crippen LogP contribution < -0.4 is 10.2 Å². The van der Waals surface area contributed by atoms with Gasteiger partial charge in [-0.1, -0.05) is 6.92 Å². The molecule has 1 saturated heterocycles. The zero-order valence-electron chi connectivity index (χ0n) is 10.5. The van der Waals surface area contributed by atoms with E-state index in [9.17, 15) is 0 Å². The molecule has 1 aromatic rings. The van der Waals surface area contributed by atoms with Crippen LogP contribution in [0.4, 0.5) is 5.69 Å². The van der Waals surface area contributed by atoms with Crippen LogP contribution in [0.15, 0.2) is 18.5 Å². The highest BCUT2D eigenvalue weighted by molar-refractivity contribution is 7.99. The summed E-state index contributed by atoms with van der Waals surface area (Å²) in [4.78, 5) is 6.73. The predicted octanol–water partition coefficient (Wildman–Crippen LogP) is 2.13. The van der Waals surface area contributed by atoms with Crippen molar-refractivity contribution in [2.45, 2.75) is 19.9 Å². The first-order valence-electron chi connectivity index (χ1n) is 6.38. The number of aromatic nitrogens is 1. The minimum Gasteiger partial charge on any atom is -0.370 e. The van der Waals surface area contributed by atoms with Gasteiger partial charge in [-0.15, -0.1) is 0 Å². The van der Waals surface area contributed by atoms with Crippen molar-refractivity contribution in [3.05, 3.63) is 24.0 Å². The third kappa shape index (κ3) is 3.61. The molecule has 0 bridgehead atoms. The van der Waals surface area contributed by atoms with Crippen LogP contribution in [0.25, 0.3) is 0 Å². The maximum atomic E-state index is 4.25. The maximum absolute atomic E-state index is 4.25. The van der Waals surface area contributed by atoms with Crippen molar-refractivity contribution in [3.63, 3.8) is 0 Å². The number of anilines is 1. The summed E-state index contributed by atoms with van der Waals surface area (Å²) in [7, 11) is 0. The molecule has 4 heteroatoms. The average molecular weight is 251 g/mol. The molecule has 1 aliphatic heterocycles. The van der Waals surface area contributed by atoms with Crippen LogP contribution in [-0.4, -0.2) is 36.1 Å². The first kappa shape index (κ1) is 12.7. The van der Waals surface area contributed by atoms with Gasteiger partial charge in [-0.2, -0.15) is 11.8 Å². The fraction of sp³-hybridized carbons (Fsp3) is 0.615. The first-order chi connectivity index (χ1) is 8.42. The Hall–Kier alpha value is -0.740. The Morgan fingerprint density at radius 2 is 2.24 bits per heavy atom. The fourth-order valence-electron chi connectivity index (χ4n) is 2.07. The zero-order chi connectivity index (χ0) is 11.9. The second-order valence-electron chi connectivity index (χ2n) is 4.28. The second-order valence-corrected chi connectivity index (χ2v) is 5.51. The summed E-state index contributed by atoms with van der Waals surface area (Å²) in [5.74, 6) is 2.48. The highest BCUT2D eigenvalue weighted by Gasteiger charge is 2.14. The van der Waals surface area contributed by atoms with Crippen LogP contribution in [0.1, 0.15) is 18.9 Å². The summed E-state index contributed by atoms with van der Waals surface area (Å²) in [5, 5.41) is 3.46. The van der Waals surface area contributed by atoms with Gasteiger partial charge in [-0.3, -0.25) is 4.98 Å². The number of nitrogens with zero attached hydrogens (tertiary/aromatic N) is 2. The van der Waals surface area contributed by atoms with Crippen LogP contribution in [0, 0.1) is 0 Å². The van der Waals surface area contributed by atoms with Gasteiger partial charge in [0.25, 0.3) is 0 Å². The lowest BCUT2D eigenvalue weighted by atomic mass is 10.2. The predicted molar refractivity (Wildman–Crippen MR) is 75.8 cm³/mol. The molecule has 0 atom stereocenters. The molecule has 0 radical (unpaired) electrons. The van der Waals surface area contributed by atoms with Gasteiger partial charge in [0.15, 0.2) is 0 Å². The Morgan fingerprint density at radius 3 is 3.00 bits per heavy atom. The summed E-state index contributed by atoms with van der Waals surface area (Å²) >= 11 is 2.05. The molecule has 0 aromatic carbocycles. The lowest BCUT2D eigenvalue weighted by Gasteiger charge is -2.30. The number of pyridine rings is 1. The van der Waals surface area contributed by atoms with Crippen LogP contribution in [0.5, 0.6) is 0 Å². The van der Waals surface area contributed by atoms with Crippen molar-refractivity contribution < 1.29 is 0 Å². The van der Waals surface area contributed by atoms with E-state index in [0.717, 1.165) is 26.2 Å². The first-order valence-corrected chi connectivity index (χ1v) is 7.53. The maximum Gasteiger partial charge on any atom is 0.0443 e. The summed E-state index contributed by atoms with van der Waals surface area (Å²) in [6.07, 6.45) is 5.08. The topological polar surface area (TPSA) is 28.2 Å². The number of nitrogens with one attached hydrogen (secondary N) is 1. The van der Waals surface area contributed by atoms with Gasteiger partial charge < -0.3 is 10.2 Å². The van der Waals surface area contributed by atoms with Gasteiger partial charge in [0, 0.05) is 54.8 Å². The summed E-state index contributed by atoms with van der Waals surface area (Å²) in [5.41, 5.74) is 2.69. The largest absolute Gasteiger partial charge is 0.370 e. The van der Waals surface area contributed by atoms with Gasteiger partial charge in [0.05, 0.1) is 0 Å². The summed E-state index contributed by atoms with van der Waals surface area (Å²) in [6, 6.07) is 2.15. The summed E-state index contributed by atoms with van der Waals surface area (Å²) < 4.78 is 0. The smallest absolute Gasteiger partial charge is 0.0443 e. The number of thioether (sulfide) groups is 1. The molecule has 1 aromatic heterocycles. The van der Waals surface area contributed by atoms with Gasteiger partial charge in [-0.25, -0.2) is 0 Å². The third-order valence-corrected chi connectivity index (χ3v) is 3.91. The van der Waals surface area contributed by atoms with E-state index in [1.807, 2.05) is 24.2 Å². The highest BCUT2D eigenvalue weighted by atomic mass is 32.2. The molecule has 1 N–H and O–H groups in total. The molecule has 0 aliphatic carbocycles. The second kappa shape index (κ2) is 6.87. The lowest BCUT2D eigenvalue weighted by Crippen LogP contribution is -2.33. The third-order valence-electron chi connectivity index (χ3n) is 2.97. The van der Waals surface area contributed by atoms with E-state index in [-0.39, 0.29) is 0 Å². The van der Waals surface area contributed by atoms with Crippen molar-refractivity contribution in [1.29, 1.82) is 0 Å². The van der Waals surface area contributed by atoms with Crippen LogP contribution in [-0.2, 0) is 6.54 Å². The molecular weight excluding hydrogens is 230 g/mol. The number of rotatable bonds is 5. The summed E-state index contributed by atoms with van der Waals surface area (Å²) in [6.45, 7) is 6.52. The standard InChI is InChI=1S/C13H21N3S/c1-2-4-14-10-12-11-15-5-3-13(12)16-6-8-17-9-7-16/h3,5,11,14H,2,4,6-10H2,1H3. The average Bonchev–Trinajstić information content (AvgIpc) is 2.41. The molecule has 2 heterocycles. The van der Waals surface area contributed by atoms with Crippen molar-refractivity contribution in [2.24, 2.45) is 0 Å². The Morgan fingerprint density at radius 1 is 1.41 bits per heavy atom. The SMILES string of the molecule is CCCNCc1cnccc1N1CCSCC1. The van der Waals surface area contributed by atoms with E-state index in [2.05, 4.69) is 28.2 Å². The van der Waals surface area contributed by atoms with Gasteiger partial charge in [-0.05, 0) is 19.0 Å². The Balaban J connectivity index is 2.03. The fourth-order valence-corrected chi connectivity index (χ4v) is 2.97. The van der Waals surface area contributed by atoms with Crippen molar-refractivity contribution in [1.82, 2.24) is 10.3 Å². The molecule has 1 fully saturated rings. The zero-order valence-corrected chi connectivity index (χ0v) is 11.3. The minimum absolute atomic E-state index is 0.931. The molecule has 17 heavy (non-hydrogen) atoms. The highest BCUT2D eigenvalue weighted by Crippen LogP contribution is 2.22. The quantitative estimate of drug-likeness (QED) is 0.812. The van der Waals surface area contributed by atoms with Crippen molar-refractivity contribution in [3.8, 4) is 0 Å². The van der Waals surface area contributed by atoms with E-state index in [1.54, 1.807) is 0 Å². The number of hydrogen-bond donors (Lipinski definition) is 1. The molecule has 94 valence electrons.